The molecular formula is C18H20ClN3O2S. The predicted molar refractivity (Wildman–Crippen MR) is 100 cm³/mol. The van der Waals surface area contributed by atoms with Crippen LogP contribution in [0.2, 0.25) is 5.02 Å². The van der Waals surface area contributed by atoms with Crippen molar-refractivity contribution in [3.8, 4) is 17.0 Å². The normalized spacial score (nSPS) is 17.6. The van der Waals surface area contributed by atoms with E-state index in [1.807, 2.05) is 20.0 Å². The van der Waals surface area contributed by atoms with Crippen LogP contribution in [0.3, 0.4) is 0 Å². The number of carbonyl (C=O) groups is 1. The van der Waals surface area contributed by atoms with Crippen molar-refractivity contribution < 1.29 is 9.53 Å². The maximum absolute atomic E-state index is 11.9. The van der Waals surface area contributed by atoms with Crippen molar-refractivity contribution in [3.63, 3.8) is 0 Å². The number of aromatic nitrogens is 2. The summed E-state index contributed by atoms with van der Waals surface area (Å²) >= 11 is 11.6. The van der Waals surface area contributed by atoms with Gasteiger partial charge in [-0.15, -0.1) is 0 Å². The van der Waals surface area contributed by atoms with Crippen molar-refractivity contribution in [2.45, 2.75) is 19.8 Å². The number of aryl methyl sites for hydroxylation is 1. The van der Waals surface area contributed by atoms with Crippen molar-refractivity contribution in [2.75, 3.05) is 20.2 Å². The molecular weight excluding hydrogens is 358 g/mol. The molecule has 5 nitrogen and oxygen atoms in total. The molecule has 0 bridgehead atoms. The molecule has 1 aliphatic rings. The van der Waals surface area contributed by atoms with E-state index in [9.17, 15) is 4.79 Å². The predicted octanol–water partition coefficient (Wildman–Crippen LogP) is 4.02. The lowest BCUT2D eigenvalue weighted by Crippen LogP contribution is -2.37. The van der Waals surface area contributed by atoms with Gasteiger partial charge in [-0.25, -0.2) is 0 Å². The van der Waals surface area contributed by atoms with Crippen LogP contribution in [-0.4, -0.2) is 41.2 Å². The maximum atomic E-state index is 11.9. The molecule has 1 unspecified atom stereocenters. The van der Waals surface area contributed by atoms with Gasteiger partial charge in [-0.3, -0.25) is 9.89 Å². The smallest absolute Gasteiger partial charge is 0.222 e. The Morgan fingerprint density at radius 1 is 1.48 bits per heavy atom. The lowest BCUT2D eigenvalue weighted by Gasteiger charge is -2.28. The lowest BCUT2D eigenvalue weighted by molar-refractivity contribution is -0.133. The van der Waals surface area contributed by atoms with Gasteiger partial charge < -0.3 is 9.64 Å². The van der Waals surface area contributed by atoms with Gasteiger partial charge in [0.2, 0.25) is 5.91 Å². The molecule has 1 amide bonds. The number of ether oxygens (including phenoxy) is 1. The SMILES string of the molecule is Cc1c[nH]nc(-c2ccc(Cl)cc2OCC2CCN(C)C(=O)C2)c1=S. The van der Waals surface area contributed by atoms with Gasteiger partial charge in [0.05, 0.1) is 11.1 Å². The van der Waals surface area contributed by atoms with Crippen LogP contribution in [-0.2, 0) is 4.79 Å². The number of nitrogens with one attached hydrogen (secondary N) is 1. The molecule has 0 radical (unpaired) electrons. The zero-order chi connectivity index (χ0) is 18.0. The molecule has 1 N–H and O–H groups in total. The van der Waals surface area contributed by atoms with E-state index in [2.05, 4.69) is 10.2 Å². The number of nitrogens with zero attached hydrogens (tertiary/aromatic N) is 2. The highest BCUT2D eigenvalue weighted by Gasteiger charge is 2.24. The molecule has 0 aliphatic carbocycles. The number of hydrogen-bond donors (Lipinski definition) is 1. The number of H-pyrrole nitrogens is 1. The number of carbonyl (C=O) groups excluding carboxylic acids is 1. The summed E-state index contributed by atoms with van der Waals surface area (Å²) < 4.78 is 6.72. The Labute approximate surface area is 157 Å². The second-order valence-electron chi connectivity index (χ2n) is 6.37. The number of likely N-dealkylation sites (tertiary alicyclic amines) is 1. The molecule has 3 rings (SSSR count). The fraction of sp³-hybridized carbons (Fsp3) is 0.389. The van der Waals surface area contributed by atoms with Crippen molar-refractivity contribution >= 4 is 29.7 Å². The molecule has 132 valence electrons. The summed E-state index contributed by atoms with van der Waals surface area (Å²) in [6.07, 6.45) is 3.21. The third kappa shape index (κ3) is 4.02. The van der Waals surface area contributed by atoms with E-state index in [1.165, 1.54) is 0 Å². The van der Waals surface area contributed by atoms with Gasteiger partial charge in [-0.05, 0) is 37.1 Å². The highest BCUT2D eigenvalue weighted by Crippen LogP contribution is 2.33. The quantitative estimate of drug-likeness (QED) is 0.818. The van der Waals surface area contributed by atoms with Gasteiger partial charge in [0, 0.05) is 42.7 Å². The summed E-state index contributed by atoms with van der Waals surface area (Å²) in [6.45, 7) is 3.17. The topological polar surface area (TPSA) is 58.2 Å². The number of halogens is 1. The first-order valence-corrected chi connectivity index (χ1v) is 8.95. The average molecular weight is 378 g/mol. The first-order valence-electron chi connectivity index (χ1n) is 8.17. The van der Waals surface area contributed by atoms with E-state index < -0.39 is 0 Å². The first kappa shape index (κ1) is 17.9. The minimum Gasteiger partial charge on any atom is -0.493 e. The zero-order valence-corrected chi connectivity index (χ0v) is 15.8. The summed E-state index contributed by atoms with van der Waals surface area (Å²) in [5.74, 6) is 1.00. The zero-order valence-electron chi connectivity index (χ0n) is 14.2. The van der Waals surface area contributed by atoms with Crippen molar-refractivity contribution in [2.24, 2.45) is 5.92 Å². The van der Waals surface area contributed by atoms with Gasteiger partial charge in [0.25, 0.3) is 0 Å². The van der Waals surface area contributed by atoms with E-state index in [0.29, 0.717) is 34.0 Å². The van der Waals surface area contributed by atoms with Gasteiger partial charge in [0.1, 0.15) is 11.4 Å². The van der Waals surface area contributed by atoms with Crippen LogP contribution in [0.5, 0.6) is 5.75 Å². The van der Waals surface area contributed by atoms with Gasteiger partial charge in [0.15, 0.2) is 0 Å². The summed E-state index contributed by atoms with van der Waals surface area (Å²) in [5.41, 5.74) is 2.41. The first-order chi connectivity index (χ1) is 12.0. The van der Waals surface area contributed by atoms with E-state index in [0.717, 1.165) is 24.1 Å². The molecule has 1 atom stereocenters. The van der Waals surface area contributed by atoms with Crippen LogP contribution < -0.4 is 4.74 Å². The van der Waals surface area contributed by atoms with Crippen molar-refractivity contribution in [1.29, 1.82) is 0 Å². The van der Waals surface area contributed by atoms with Crippen LogP contribution >= 0.6 is 23.8 Å². The van der Waals surface area contributed by atoms with Crippen LogP contribution in [0.15, 0.2) is 24.4 Å². The Kier molecular flexibility index (Phi) is 5.39. The third-order valence-electron chi connectivity index (χ3n) is 4.47. The average Bonchev–Trinajstić information content (AvgIpc) is 2.59. The summed E-state index contributed by atoms with van der Waals surface area (Å²) in [7, 11) is 1.83. The Balaban J connectivity index is 1.84. The number of amides is 1. The molecule has 2 aromatic rings. The molecule has 1 aromatic carbocycles. The molecule has 1 fully saturated rings. The highest BCUT2D eigenvalue weighted by atomic mass is 35.5. The van der Waals surface area contributed by atoms with Crippen molar-refractivity contribution in [3.05, 3.63) is 39.5 Å². The minimum absolute atomic E-state index is 0.161. The standard InChI is InChI=1S/C18H20ClN3O2S/c1-11-9-20-21-17(18(11)25)14-4-3-13(19)8-15(14)24-10-12-5-6-22(2)16(23)7-12/h3-4,8-9,12H,5-7,10H2,1-2H3,(H,20,25). The molecule has 1 aromatic heterocycles. The Bertz CT molecular complexity index is 852. The molecule has 25 heavy (non-hydrogen) atoms. The number of rotatable bonds is 4. The number of aromatic amines is 1. The summed E-state index contributed by atoms with van der Waals surface area (Å²) in [6, 6.07) is 5.43. The largest absolute Gasteiger partial charge is 0.493 e. The van der Waals surface area contributed by atoms with Crippen LogP contribution in [0.25, 0.3) is 11.3 Å². The molecule has 1 aliphatic heterocycles. The van der Waals surface area contributed by atoms with E-state index in [4.69, 9.17) is 28.6 Å². The Morgan fingerprint density at radius 3 is 3.04 bits per heavy atom. The molecule has 2 heterocycles. The second kappa shape index (κ2) is 7.54. The molecule has 7 heteroatoms. The monoisotopic (exact) mass is 377 g/mol. The van der Waals surface area contributed by atoms with Crippen LogP contribution in [0.1, 0.15) is 18.4 Å². The lowest BCUT2D eigenvalue weighted by atomic mass is 9.97. The minimum atomic E-state index is 0.161. The molecule has 0 saturated carbocycles. The van der Waals surface area contributed by atoms with Gasteiger partial charge in [-0.1, -0.05) is 23.8 Å². The van der Waals surface area contributed by atoms with Crippen LogP contribution in [0, 0.1) is 17.4 Å². The Hall–Kier alpha value is -1.92. The Morgan fingerprint density at radius 2 is 2.28 bits per heavy atom. The van der Waals surface area contributed by atoms with E-state index in [-0.39, 0.29) is 11.8 Å². The summed E-state index contributed by atoms with van der Waals surface area (Å²) in [5, 5.41) is 7.76. The maximum Gasteiger partial charge on any atom is 0.222 e. The van der Waals surface area contributed by atoms with E-state index >= 15 is 0 Å². The van der Waals surface area contributed by atoms with E-state index in [1.54, 1.807) is 23.2 Å². The second-order valence-corrected chi connectivity index (χ2v) is 7.22. The van der Waals surface area contributed by atoms with Gasteiger partial charge in [-0.2, -0.15) is 5.10 Å². The molecule has 1 saturated heterocycles. The third-order valence-corrected chi connectivity index (χ3v) is 5.22. The van der Waals surface area contributed by atoms with Crippen LogP contribution in [0.4, 0.5) is 0 Å². The number of hydrogen-bond acceptors (Lipinski definition) is 4. The number of benzene rings is 1. The fourth-order valence-corrected chi connectivity index (χ4v) is 3.22. The highest BCUT2D eigenvalue weighted by molar-refractivity contribution is 7.71. The summed E-state index contributed by atoms with van der Waals surface area (Å²) in [4.78, 5) is 13.6. The van der Waals surface area contributed by atoms with Gasteiger partial charge >= 0.3 is 0 Å². The molecule has 0 spiro atoms. The van der Waals surface area contributed by atoms with Crippen molar-refractivity contribution in [1.82, 2.24) is 15.1 Å². The number of piperidine rings is 1. The fourth-order valence-electron chi connectivity index (χ4n) is 2.85.